The van der Waals surface area contributed by atoms with Crippen molar-refractivity contribution < 1.29 is 9.53 Å². The molecule has 1 aromatic heterocycles. The number of nitrogens with one attached hydrogen (secondary N) is 2. The number of alkyl carbamates (subject to hydrolysis) is 1. The van der Waals surface area contributed by atoms with E-state index < -0.39 is 5.60 Å². The molecule has 22 heavy (non-hydrogen) atoms. The summed E-state index contributed by atoms with van der Waals surface area (Å²) in [6, 6.07) is 4.30. The van der Waals surface area contributed by atoms with Crippen LogP contribution in [0.15, 0.2) is 24.5 Å². The van der Waals surface area contributed by atoms with E-state index in [1.54, 1.807) is 6.20 Å². The van der Waals surface area contributed by atoms with Crippen LogP contribution in [0.4, 0.5) is 4.79 Å². The highest BCUT2D eigenvalue weighted by Crippen LogP contribution is 2.13. The Kier molecular flexibility index (Phi) is 6.81. The van der Waals surface area contributed by atoms with Crippen LogP contribution in [0.1, 0.15) is 53.1 Å². The van der Waals surface area contributed by atoms with Crippen molar-refractivity contribution in [2.24, 2.45) is 5.92 Å². The van der Waals surface area contributed by atoms with E-state index in [0.717, 1.165) is 5.56 Å². The molecule has 1 heterocycles. The molecular formula is C17H29N3O2. The van der Waals surface area contributed by atoms with E-state index in [1.807, 2.05) is 39.1 Å². The van der Waals surface area contributed by atoms with Crippen LogP contribution >= 0.6 is 0 Å². The summed E-state index contributed by atoms with van der Waals surface area (Å²) in [6.07, 6.45) is 3.24. The second-order valence-electron chi connectivity index (χ2n) is 6.91. The Hall–Kier alpha value is -1.62. The Morgan fingerprint density at radius 1 is 1.32 bits per heavy atom. The molecule has 124 valence electrons. The summed E-state index contributed by atoms with van der Waals surface area (Å²) in [5.41, 5.74) is 0.652. The van der Waals surface area contributed by atoms with Crippen molar-refractivity contribution in [1.29, 1.82) is 0 Å². The highest BCUT2D eigenvalue weighted by atomic mass is 16.6. The van der Waals surface area contributed by atoms with Crippen LogP contribution in [0, 0.1) is 5.92 Å². The Balaban J connectivity index is 2.54. The predicted molar refractivity (Wildman–Crippen MR) is 88.7 cm³/mol. The van der Waals surface area contributed by atoms with Gasteiger partial charge in [-0.3, -0.25) is 4.98 Å². The van der Waals surface area contributed by atoms with Crippen molar-refractivity contribution in [3.8, 4) is 0 Å². The molecule has 0 spiro atoms. The molecule has 2 unspecified atom stereocenters. The first-order valence-corrected chi connectivity index (χ1v) is 7.82. The van der Waals surface area contributed by atoms with E-state index in [0.29, 0.717) is 12.5 Å². The monoisotopic (exact) mass is 307 g/mol. The number of hydrogen-bond acceptors (Lipinski definition) is 4. The molecule has 2 atom stereocenters. The Morgan fingerprint density at radius 3 is 2.50 bits per heavy atom. The third-order valence-electron chi connectivity index (χ3n) is 3.32. The molecule has 1 amide bonds. The first kappa shape index (κ1) is 18.4. The molecule has 1 rings (SSSR count). The van der Waals surface area contributed by atoms with Gasteiger partial charge in [0.1, 0.15) is 5.60 Å². The van der Waals surface area contributed by atoms with Crippen LogP contribution in [0.25, 0.3) is 0 Å². The van der Waals surface area contributed by atoms with Crippen LogP contribution in [0.3, 0.4) is 0 Å². The summed E-state index contributed by atoms with van der Waals surface area (Å²) in [6.45, 7) is 12.4. The fraction of sp³-hybridized carbons (Fsp3) is 0.647. The third kappa shape index (κ3) is 6.89. The summed E-state index contributed by atoms with van der Waals surface area (Å²) < 4.78 is 5.27. The van der Waals surface area contributed by atoms with E-state index in [-0.39, 0.29) is 18.2 Å². The molecule has 2 N–H and O–H groups in total. The van der Waals surface area contributed by atoms with Gasteiger partial charge in [-0.15, -0.1) is 0 Å². The number of nitrogens with zero attached hydrogens (tertiary/aromatic N) is 1. The molecule has 0 saturated carbocycles. The van der Waals surface area contributed by atoms with Gasteiger partial charge < -0.3 is 15.4 Å². The van der Waals surface area contributed by atoms with E-state index in [1.165, 1.54) is 0 Å². The highest BCUT2D eigenvalue weighted by molar-refractivity contribution is 5.67. The average Bonchev–Trinajstić information content (AvgIpc) is 2.41. The molecule has 0 aliphatic carbocycles. The zero-order chi connectivity index (χ0) is 16.8. The normalized spacial score (nSPS) is 14.5. The smallest absolute Gasteiger partial charge is 0.407 e. The maximum absolute atomic E-state index is 11.8. The van der Waals surface area contributed by atoms with Crippen LogP contribution < -0.4 is 10.6 Å². The van der Waals surface area contributed by atoms with Crippen LogP contribution in [0.2, 0.25) is 0 Å². The lowest BCUT2D eigenvalue weighted by Gasteiger charge is -2.27. The fourth-order valence-electron chi connectivity index (χ4n) is 2.04. The Morgan fingerprint density at radius 2 is 2.00 bits per heavy atom. The number of hydrogen-bond donors (Lipinski definition) is 2. The van der Waals surface area contributed by atoms with Gasteiger partial charge in [0.2, 0.25) is 0 Å². The van der Waals surface area contributed by atoms with Crippen LogP contribution in [0.5, 0.6) is 0 Å². The van der Waals surface area contributed by atoms with Crippen molar-refractivity contribution in [2.75, 3.05) is 6.54 Å². The van der Waals surface area contributed by atoms with E-state index >= 15 is 0 Å². The molecule has 0 fully saturated rings. The summed E-state index contributed by atoms with van der Waals surface area (Å²) in [5.74, 6) is 0.383. The average molecular weight is 307 g/mol. The summed E-state index contributed by atoms with van der Waals surface area (Å²) >= 11 is 0. The molecule has 0 saturated heterocycles. The highest BCUT2D eigenvalue weighted by Gasteiger charge is 2.20. The largest absolute Gasteiger partial charge is 0.444 e. The van der Waals surface area contributed by atoms with Crippen molar-refractivity contribution in [3.63, 3.8) is 0 Å². The Bertz CT molecular complexity index is 455. The van der Waals surface area contributed by atoms with Crippen molar-refractivity contribution in [2.45, 2.75) is 59.2 Å². The number of carbonyl (C=O) groups is 1. The fourth-order valence-corrected chi connectivity index (χ4v) is 2.04. The molecule has 5 heteroatoms. The Labute approximate surface area is 133 Å². The predicted octanol–water partition coefficient (Wildman–Crippen LogP) is 3.28. The van der Waals surface area contributed by atoms with Gasteiger partial charge in [-0.25, -0.2) is 4.79 Å². The van der Waals surface area contributed by atoms with Gasteiger partial charge in [0.25, 0.3) is 0 Å². The number of amides is 1. The quantitative estimate of drug-likeness (QED) is 0.846. The standard InChI is InChI=1S/C17H29N3O2/c1-12(2)15(11-19-16(21)22-17(4,5)6)20-13(3)14-8-7-9-18-10-14/h7-10,12-13,15,20H,11H2,1-6H3,(H,19,21). The topological polar surface area (TPSA) is 63.2 Å². The molecule has 0 aliphatic rings. The lowest BCUT2D eigenvalue weighted by molar-refractivity contribution is 0.0518. The van der Waals surface area contributed by atoms with Crippen LogP contribution in [-0.4, -0.2) is 29.3 Å². The van der Waals surface area contributed by atoms with Crippen molar-refractivity contribution in [3.05, 3.63) is 30.1 Å². The van der Waals surface area contributed by atoms with E-state index in [2.05, 4.69) is 36.4 Å². The lowest BCUT2D eigenvalue weighted by atomic mass is 10.0. The maximum atomic E-state index is 11.8. The zero-order valence-electron chi connectivity index (χ0n) is 14.5. The van der Waals surface area contributed by atoms with Gasteiger partial charge in [0.05, 0.1) is 0 Å². The maximum Gasteiger partial charge on any atom is 0.407 e. The SMILES string of the molecule is CC(NC(CNC(=O)OC(C)(C)C)C(C)C)c1cccnc1. The third-order valence-corrected chi connectivity index (χ3v) is 3.32. The molecule has 0 aliphatic heterocycles. The van der Waals surface area contributed by atoms with Crippen LogP contribution in [-0.2, 0) is 4.74 Å². The molecule has 1 aromatic rings. The number of carbonyl (C=O) groups excluding carboxylic acids is 1. The van der Waals surface area contributed by atoms with Gasteiger partial charge in [0, 0.05) is 31.0 Å². The molecule has 5 nitrogen and oxygen atoms in total. The lowest BCUT2D eigenvalue weighted by Crippen LogP contribution is -2.46. The minimum atomic E-state index is -0.478. The van der Waals surface area contributed by atoms with Crippen molar-refractivity contribution in [1.82, 2.24) is 15.6 Å². The second kappa shape index (κ2) is 8.13. The number of aromatic nitrogens is 1. The summed E-state index contributed by atoms with van der Waals surface area (Å²) in [4.78, 5) is 15.9. The van der Waals surface area contributed by atoms with Gasteiger partial charge in [-0.1, -0.05) is 19.9 Å². The number of pyridine rings is 1. The summed E-state index contributed by atoms with van der Waals surface area (Å²) in [5, 5.41) is 6.38. The number of rotatable bonds is 6. The molecule has 0 radical (unpaired) electrons. The van der Waals surface area contributed by atoms with Crippen molar-refractivity contribution >= 4 is 6.09 Å². The van der Waals surface area contributed by atoms with Gasteiger partial charge in [-0.2, -0.15) is 0 Å². The second-order valence-corrected chi connectivity index (χ2v) is 6.91. The molecule has 0 aromatic carbocycles. The van der Waals surface area contributed by atoms with Gasteiger partial charge in [0.15, 0.2) is 0 Å². The van der Waals surface area contributed by atoms with E-state index in [9.17, 15) is 4.79 Å². The molecule has 0 bridgehead atoms. The first-order valence-electron chi connectivity index (χ1n) is 7.82. The zero-order valence-corrected chi connectivity index (χ0v) is 14.5. The van der Waals surface area contributed by atoms with Gasteiger partial charge >= 0.3 is 6.09 Å². The number of ether oxygens (including phenoxy) is 1. The first-order chi connectivity index (χ1) is 10.2. The van der Waals surface area contributed by atoms with Gasteiger partial charge in [-0.05, 0) is 45.2 Å². The summed E-state index contributed by atoms with van der Waals surface area (Å²) in [7, 11) is 0. The van der Waals surface area contributed by atoms with E-state index in [4.69, 9.17) is 4.74 Å². The minimum Gasteiger partial charge on any atom is -0.444 e. The molecular weight excluding hydrogens is 278 g/mol. The minimum absolute atomic E-state index is 0.155.